The molecule has 2 fully saturated rings. The van der Waals surface area contributed by atoms with E-state index in [2.05, 4.69) is 5.32 Å². The zero-order valence-electron chi connectivity index (χ0n) is 16.3. The third-order valence-electron chi connectivity index (χ3n) is 6.21. The standard InChI is InChI=1S/C20H23F3N4O2/c1-13(28)26-7-5-19(6-8-26)12-27(11-17(19)18(29)25-2)15-4-3-14(10-24)16(9-15)20(21,22)23/h3-4,9,17H,5-8,11-12H2,1-2H3,(H,25,29). The second-order valence-corrected chi connectivity index (χ2v) is 7.76. The molecule has 1 aromatic carbocycles. The van der Waals surface area contributed by atoms with Gasteiger partial charge in [-0.15, -0.1) is 0 Å². The molecule has 0 radical (unpaired) electrons. The van der Waals surface area contributed by atoms with E-state index < -0.39 is 22.7 Å². The molecule has 1 unspecified atom stereocenters. The molecule has 2 saturated heterocycles. The van der Waals surface area contributed by atoms with Crippen molar-refractivity contribution in [2.24, 2.45) is 11.3 Å². The molecule has 156 valence electrons. The molecule has 1 atom stereocenters. The summed E-state index contributed by atoms with van der Waals surface area (Å²) in [5, 5.41) is 11.7. The fraction of sp³-hybridized carbons (Fsp3) is 0.550. The van der Waals surface area contributed by atoms with Crippen molar-refractivity contribution in [2.75, 3.05) is 38.1 Å². The number of hydrogen-bond acceptors (Lipinski definition) is 4. The van der Waals surface area contributed by atoms with Gasteiger partial charge < -0.3 is 15.1 Å². The Morgan fingerprint density at radius 2 is 1.93 bits per heavy atom. The smallest absolute Gasteiger partial charge is 0.370 e. The molecule has 3 rings (SSSR count). The average Bonchev–Trinajstić information content (AvgIpc) is 3.05. The minimum atomic E-state index is -4.63. The van der Waals surface area contributed by atoms with Gasteiger partial charge in [0, 0.05) is 51.3 Å². The van der Waals surface area contributed by atoms with Crippen LogP contribution in [0, 0.1) is 22.7 Å². The van der Waals surface area contributed by atoms with Crippen LogP contribution in [-0.4, -0.2) is 49.9 Å². The Morgan fingerprint density at radius 3 is 2.45 bits per heavy atom. The molecule has 1 N–H and O–H groups in total. The third-order valence-corrected chi connectivity index (χ3v) is 6.21. The zero-order chi connectivity index (χ0) is 21.4. The van der Waals surface area contributed by atoms with E-state index in [1.807, 2.05) is 0 Å². The van der Waals surface area contributed by atoms with Crippen molar-refractivity contribution < 1.29 is 22.8 Å². The first-order valence-electron chi connectivity index (χ1n) is 9.45. The van der Waals surface area contributed by atoms with Gasteiger partial charge in [0.15, 0.2) is 0 Å². The highest BCUT2D eigenvalue weighted by atomic mass is 19.4. The number of carbonyl (C=O) groups excluding carboxylic acids is 2. The van der Waals surface area contributed by atoms with E-state index >= 15 is 0 Å². The van der Waals surface area contributed by atoms with Gasteiger partial charge in [0.05, 0.1) is 23.1 Å². The first kappa shape index (κ1) is 21.0. The summed E-state index contributed by atoms with van der Waals surface area (Å²) in [4.78, 5) is 27.7. The second-order valence-electron chi connectivity index (χ2n) is 7.76. The van der Waals surface area contributed by atoms with Crippen LogP contribution in [0.5, 0.6) is 0 Å². The van der Waals surface area contributed by atoms with E-state index in [1.165, 1.54) is 19.1 Å². The van der Waals surface area contributed by atoms with Crippen LogP contribution in [-0.2, 0) is 15.8 Å². The number of alkyl halides is 3. The Morgan fingerprint density at radius 1 is 1.28 bits per heavy atom. The van der Waals surface area contributed by atoms with Crippen molar-refractivity contribution in [3.8, 4) is 6.07 Å². The first-order chi connectivity index (χ1) is 13.6. The van der Waals surface area contributed by atoms with E-state index in [1.54, 1.807) is 22.9 Å². The Bertz CT molecular complexity index is 854. The summed E-state index contributed by atoms with van der Waals surface area (Å²) in [6.07, 6.45) is -3.40. The molecule has 0 aliphatic carbocycles. The molecular formula is C20H23F3N4O2. The molecule has 29 heavy (non-hydrogen) atoms. The van der Waals surface area contributed by atoms with Crippen molar-refractivity contribution in [1.82, 2.24) is 10.2 Å². The van der Waals surface area contributed by atoms with Crippen LogP contribution in [0.2, 0.25) is 0 Å². The summed E-state index contributed by atoms with van der Waals surface area (Å²) in [7, 11) is 1.55. The van der Waals surface area contributed by atoms with Crippen molar-refractivity contribution in [2.45, 2.75) is 25.9 Å². The lowest BCUT2D eigenvalue weighted by Gasteiger charge is -2.41. The summed E-state index contributed by atoms with van der Waals surface area (Å²) < 4.78 is 40.1. The Balaban J connectivity index is 1.92. The number of likely N-dealkylation sites (tertiary alicyclic amines) is 1. The predicted molar refractivity (Wildman–Crippen MR) is 99.8 cm³/mol. The topological polar surface area (TPSA) is 76.4 Å². The number of hydrogen-bond donors (Lipinski definition) is 1. The maximum atomic E-state index is 13.4. The number of piperidine rings is 1. The highest BCUT2D eigenvalue weighted by Gasteiger charge is 2.51. The number of carbonyl (C=O) groups is 2. The van der Waals surface area contributed by atoms with Gasteiger partial charge in [0.2, 0.25) is 11.8 Å². The second kappa shape index (κ2) is 7.58. The summed E-state index contributed by atoms with van der Waals surface area (Å²) in [5.74, 6) is -0.548. The summed E-state index contributed by atoms with van der Waals surface area (Å²) >= 11 is 0. The normalized spacial score (nSPS) is 21.2. The maximum Gasteiger partial charge on any atom is 0.417 e. The minimum absolute atomic E-state index is 0.0203. The van der Waals surface area contributed by atoms with E-state index in [4.69, 9.17) is 5.26 Å². The van der Waals surface area contributed by atoms with Crippen molar-refractivity contribution >= 4 is 17.5 Å². The largest absolute Gasteiger partial charge is 0.417 e. The number of nitrogens with zero attached hydrogens (tertiary/aromatic N) is 3. The number of halogens is 3. The van der Waals surface area contributed by atoms with Crippen LogP contribution < -0.4 is 10.2 Å². The number of rotatable bonds is 2. The van der Waals surface area contributed by atoms with E-state index in [-0.39, 0.29) is 17.7 Å². The highest BCUT2D eigenvalue weighted by molar-refractivity contribution is 5.81. The summed E-state index contributed by atoms with van der Waals surface area (Å²) in [6.45, 7) is 3.28. The molecule has 2 aliphatic rings. The van der Waals surface area contributed by atoms with Crippen LogP contribution >= 0.6 is 0 Å². The van der Waals surface area contributed by atoms with Gasteiger partial charge in [-0.1, -0.05) is 0 Å². The van der Waals surface area contributed by atoms with Crippen LogP contribution in [0.1, 0.15) is 30.9 Å². The van der Waals surface area contributed by atoms with Crippen LogP contribution in [0.25, 0.3) is 0 Å². The predicted octanol–water partition coefficient (Wildman–Crippen LogP) is 2.39. The molecule has 9 heteroatoms. The molecule has 1 spiro atoms. The number of anilines is 1. The van der Waals surface area contributed by atoms with Crippen molar-refractivity contribution in [3.05, 3.63) is 29.3 Å². The Kier molecular flexibility index (Phi) is 5.48. The van der Waals surface area contributed by atoms with Crippen molar-refractivity contribution in [3.63, 3.8) is 0 Å². The SMILES string of the molecule is CNC(=O)C1CN(c2ccc(C#N)c(C(F)(F)F)c2)CC12CCN(C(C)=O)CC2. The summed E-state index contributed by atoms with van der Waals surface area (Å²) in [6, 6.07) is 5.25. The number of nitrogens with one attached hydrogen (secondary N) is 1. The molecule has 0 bridgehead atoms. The van der Waals surface area contributed by atoms with Gasteiger partial charge in [-0.3, -0.25) is 9.59 Å². The van der Waals surface area contributed by atoms with Crippen molar-refractivity contribution in [1.29, 1.82) is 5.26 Å². The molecule has 6 nitrogen and oxygen atoms in total. The van der Waals surface area contributed by atoms with Crippen LogP contribution in [0.15, 0.2) is 18.2 Å². The quantitative estimate of drug-likeness (QED) is 0.815. The van der Waals surface area contributed by atoms with Crippen LogP contribution in [0.3, 0.4) is 0 Å². The monoisotopic (exact) mass is 408 g/mol. The van der Waals surface area contributed by atoms with E-state index in [9.17, 15) is 22.8 Å². The molecule has 0 saturated carbocycles. The van der Waals surface area contributed by atoms with Gasteiger partial charge in [-0.05, 0) is 31.0 Å². The minimum Gasteiger partial charge on any atom is -0.370 e. The van der Waals surface area contributed by atoms with Crippen LogP contribution in [0.4, 0.5) is 18.9 Å². The molecule has 2 aliphatic heterocycles. The zero-order valence-corrected chi connectivity index (χ0v) is 16.3. The van der Waals surface area contributed by atoms with Gasteiger partial charge in [0.1, 0.15) is 0 Å². The average molecular weight is 408 g/mol. The van der Waals surface area contributed by atoms with E-state index in [0.29, 0.717) is 44.7 Å². The highest BCUT2D eigenvalue weighted by Crippen LogP contribution is 2.47. The number of nitriles is 1. The van der Waals surface area contributed by atoms with Gasteiger partial charge in [0.25, 0.3) is 0 Å². The maximum absolute atomic E-state index is 13.4. The first-order valence-corrected chi connectivity index (χ1v) is 9.45. The fourth-order valence-corrected chi connectivity index (χ4v) is 4.54. The summed E-state index contributed by atoms with van der Waals surface area (Å²) in [5.41, 5.74) is -1.46. The molecule has 2 amide bonds. The molecule has 0 aromatic heterocycles. The Labute approximate surface area is 167 Å². The van der Waals surface area contributed by atoms with Gasteiger partial charge in [-0.25, -0.2) is 0 Å². The lowest BCUT2D eigenvalue weighted by molar-refractivity contribution is -0.138. The molecular weight excluding hydrogens is 385 g/mol. The lowest BCUT2D eigenvalue weighted by atomic mass is 9.70. The third kappa shape index (κ3) is 3.88. The molecule has 2 heterocycles. The number of benzene rings is 1. The fourth-order valence-electron chi connectivity index (χ4n) is 4.54. The number of amides is 2. The Hall–Kier alpha value is -2.76. The molecule has 1 aromatic rings. The van der Waals surface area contributed by atoms with Gasteiger partial charge in [-0.2, -0.15) is 18.4 Å². The van der Waals surface area contributed by atoms with Gasteiger partial charge >= 0.3 is 6.18 Å². The lowest BCUT2D eigenvalue weighted by Crippen LogP contribution is -2.49. The van der Waals surface area contributed by atoms with E-state index in [0.717, 1.165) is 6.07 Å².